The Hall–Kier alpha value is -2.81. The Morgan fingerprint density at radius 1 is 0.880 bits per heavy atom. The van der Waals surface area contributed by atoms with Gasteiger partial charge >= 0.3 is 6.18 Å². The van der Waals surface area contributed by atoms with Crippen LogP contribution in [0.25, 0.3) is 22.5 Å². The summed E-state index contributed by atoms with van der Waals surface area (Å²) in [7, 11) is 0. The van der Waals surface area contributed by atoms with Crippen molar-refractivity contribution in [2.45, 2.75) is 6.18 Å². The van der Waals surface area contributed by atoms with Crippen LogP contribution >= 0.6 is 11.6 Å². The lowest BCUT2D eigenvalue weighted by molar-refractivity contribution is -0.141. The van der Waals surface area contributed by atoms with E-state index in [1.807, 2.05) is 0 Å². The van der Waals surface area contributed by atoms with E-state index in [-0.39, 0.29) is 28.1 Å². The van der Waals surface area contributed by atoms with Gasteiger partial charge in [-0.25, -0.2) is 14.4 Å². The fraction of sp³-hybridized carbons (Fsp3) is 0.0667. The molecule has 0 fully saturated rings. The van der Waals surface area contributed by atoms with Crippen molar-refractivity contribution in [1.29, 1.82) is 0 Å². The molecule has 25 heavy (non-hydrogen) atoms. The van der Waals surface area contributed by atoms with Gasteiger partial charge in [-0.3, -0.25) is 0 Å². The molecule has 3 rings (SSSR count). The summed E-state index contributed by atoms with van der Waals surface area (Å²) in [5.41, 5.74) is 4.90. The fourth-order valence-electron chi connectivity index (χ4n) is 2.12. The van der Waals surface area contributed by atoms with Gasteiger partial charge in [0.1, 0.15) is 28.1 Å². The van der Waals surface area contributed by atoms with Crippen molar-refractivity contribution in [2.24, 2.45) is 0 Å². The molecule has 0 spiro atoms. The molecule has 0 radical (unpaired) electrons. The molecule has 0 aliphatic rings. The number of aromatic nitrogens is 4. The van der Waals surface area contributed by atoms with Crippen molar-refractivity contribution in [3.8, 4) is 22.5 Å². The SMILES string of the molecule is Nc1nnc(-c2cc(Cl)nc(C(F)(F)F)c2)c(-c2ccc(F)cc2)n1. The number of benzene rings is 1. The van der Waals surface area contributed by atoms with Crippen molar-refractivity contribution in [2.75, 3.05) is 5.73 Å². The van der Waals surface area contributed by atoms with E-state index in [4.69, 9.17) is 17.3 Å². The summed E-state index contributed by atoms with van der Waals surface area (Å²) in [6.45, 7) is 0. The average molecular weight is 370 g/mol. The van der Waals surface area contributed by atoms with Gasteiger partial charge in [-0.15, -0.1) is 10.2 Å². The molecule has 0 aliphatic heterocycles. The van der Waals surface area contributed by atoms with Crippen LogP contribution in [0.2, 0.25) is 5.15 Å². The van der Waals surface area contributed by atoms with Gasteiger partial charge in [0.25, 0.3) is 0 Å². The number of alkyl halides is 3. The molecule has 0 saturated carbocycles. The molecule has 0 aliphatic carbocycles. The minimum atomic E-state index is -4.69. The first-order valence-electron chi connectivity index (χ1n) is 6.75. The molecule has 1 aromatic carbocycles. The molecular weight excluding hydrogens is 362 g/mol. The van der Waals surface area contributed by atoms with E-state index in [0.717, 1.165) is 6.07 Å². The highest BCUT2D eigenvalue weighted by molar-refractivity contribution is 6.29. The van der Waals surface area contributed by atoms with E-state index in [2.05, 4.69) is 20.2 Å². The lowest BCUT2D eigenvalue weighted by Gasteiger charge is -2.11. The predicted molar refractivity (Wildman–Crippen MR) is 82.9 cm³/mol. The first-order chi connectivity index (χ1) is 11.7. The maximum Gasteiger partial charge on any atom is 0.433 e. The number of halogens is 5. The van der Waals surface area contributed by atoms with E-state index >= 15 is 0 Å². The maximum atomic E-state index is 13.1. The lowest BCUT2D eigenvalue weighted by Crippen LogP contribution is -2.09. The minimum absolute atomic E-state index is 0.00616. The van der Waals surface area contributed by atoms with Crippen molar-refractivity contribution < 1.29 is 17.6 Å². The van der Waals surface area contributed by atoms with Gasteiger partial charge in [0.05, 0.1) is 0 Å². The van der Waals surface area contributed by atoms with Gasteiger partial charge in [-0.05, 0) is 36.4 Å². The number of hydrogen-bond acceptors (Lipinski definition) is 5. The zero-order valence-corrected chi connectivity index (χ0v) is 13.0. The van der Waals surface area contributed by atoms with Crippen LogP contribution in [0.3, 0.4) is 0 Å². The van der Waals surface area contributed by atoms with Crippen LogP contribution in [0.15, 0.2) is 36.4 Å². The zero-order valence-electron chi connectivity index (χ0n) is 12.2. The van der Waals surface area contributed by atoms with Crippen LogP contribution in [-0.4, -0.2) is 20.2 Å². The molecule has 5 nitrogen and oxygen atoms in total. The smallest absolute Gasteiger partial charge is 0.366 e. The van der Waals surface area contributed by atoms with Crippen LogP contribution in [-0.2, 0) is 6.18 Å². The molecule has 0 bridgehead atoms. The number of anilines is 1. The minimum Gasteiger partial charge on any atom is -0.366 e. The molecule has 0 amide bonds. The van der Waals surface area contributed by atoms with E-state index in [9.17, 15) is 17.6 Å². The summed E-state index contributed by atoms with van der Waals surface area (Å²) in [5, 5.41) is 7.04. The first-order valence-corrected chi connectivity index (χ1v) is 7.13. The number of nitrogen functional groups attached to an aromatic ring is 1. The van der Waals surface area contributed by atoms with E-state index in [1.54, 1.807) is 0 Å². The normalized spacial score (nSPS) is 11.6. The second-order valence-electron chi connectivity index (χ2n) is 4.94. The third kappa shape index (κ3) is 3.66. The summed E-state index contributed by atoms with van der Waals surface area (Å²) < 4.78 is 52.0. The number of rotatable bonds is 2. The second kappa shape index (κ2) is 6.25. The molecule has 3 aromatic rings. The molecule has 0 atom stereocenters. The number of hydrogen-bond donors (Lipinski definition) is 1. The maximum absolute atomic E-state index is 13.1. The van der Waals surface area contributed by atoms with Gasteiger partial charge in [0.2, 0.25) is 5.95 Å². The van der Waals surface area contributed by atoms with Crippen molar-refractivity contribution in [3.05, 3.63) is 53.1 Å². The summed E-state index contributed by atoms with van der Waals surface area (Å²) in [6.07, 6.45) is -4.69. The van der Waals surface area contributed by atoms with Crippen molar-refractivity contribution in [1.82, 2.24) is 20.2 Å². The second-order valence-corrected chi connectivity index (χ2v) is 5.32. The number of nitrogens with zero attached hydrogens (tertiary/aromatic N) is 4. The summed E-state index contributed by atoms with van der Waals surface area (Å²) in [6, 6.07) is 7.13. The average Bonchev–Trinajstić information content (AvgIpc) is 2.54. The standard InChI is InChI=1S/C15H8ClF4N5/c16-11-6-8(5-10(22-11)15(18,19)20)13-12(23-14(21)25-24-13)7-1-3-9(17)4-2-7/h1-6H,(H2,21,23,25). The van der Waals surface area contributed by atoms with Gasteiger partial charge in [0.15, 0.2) is 0 Å². The van der Waals surface area contributed by atoms with E-state index in [0.29, 0.717) is 5.56 Å². The lowest BCUT2D eigenvalue weighted by atomic mass is 10.0. The molecule has 0 unspecified atom stereocenters. The molecular formula is C15H8ClF4N5. The van der Waals surface area contributed by atoms with Crippen molar-refractivity contribution >= 4 is 17.5 Å². The highest BCUT2D eigenvalue weighted by atomic mass is 35.5. The van der Waals surface area contributed by atoms with Crippen LogP contribution in [0.5, 0.6) is 0 Å². The third-order valence-corrected chi connectivity index (χ3v) is 3.37. The first kappa shape index (κ1) is 17.0. The molecule has 2 heterocycles. The van der Waals surface area contributed by atoms with Gasteiger partial charge in [-0.1, -0.05) is 11.6 Å². The number of pyridine rings is 1. The van der Waals surface area contributed by atoms with Crippen LogP contribution < -0.4 is 5.73 Å². The zero-order chi connectivity index (χ0) is 18.2. The number of nitrogens with two attached hydrogens (primary N) is 1. The highest BCUT2D eigenvalue weighted by Gasteiger charge is 2.33. The summed E-state index contributed by atoms with van der Waals surface area (Å²) in [5.74, 6) is -0.661. The monoisotopic (exact) mass is 369 g/mol. The van der Waals surface area contributed by atoms with Crippen LogP contribution in [0.4, 0.5) is 23.5 Å². The highest BCUT2D eigenvalue weighted by Crippen LogP contribution is 2.34. The Morgan fingerprint density at radius 2 is 1.56 bits per heavy atom. The Balaban J connectivity index is 2.22. The predicted octanol–water partition coefficient (Wildman–Crippen LogP) is 3.99. The Labute approximate surface area is 143 Å². The van der Waals surface area contributed by atoms with Gasteiger partial charge < -0.3 is 5.73 Å². The Kier molecular flexibility index (Phi) is 4.25. The molecule has 2 aromatic heterocycles. The molecule has 10 heteroatoms. The molecule has 128 valence electrons. The van der Waals surface area contributed by atoms with Crippen LogP contribution in [0, 0.1) is 5.82 Å². The molecule has 0 saturated heterocycles. The topological polar surface area (TPSA) is 77.6 Å². The van der Waals surface area contributed by atoms with E-state index in [1.165, 1.54) is 30.3 Å². The van der Waals surface area contributed by atoms with Gasteiger partial charge in [0, 0.05) is 11.1 Å². The summed E-state index contributed by atoms with van der Waals surface area (Å²) in [4.78, 5) is 7.27. The van der Waals surface area contributed by atoms with Gasteiger partial charge in [-0.2, -0.15) is 13.2 Å². The van der Waals surface area contributed by atoms with E-state index < -0.39 is 17.7 Å². The Morgan fingerprint density at radius 3 is 2.20 bits per heavy atom. The Bertz CT molecular complexity index is 928. The fourth-order valence-corrected chi connectivity index (χ4v) is 2.33. The quantitative estimate of drug-likeness (QED) is 0.546. The molecule has 2 N–H and O–H groups in total. The van der Waals surface area contributed by atoms with Crippen molar-refractivity contribution in [3.63, 3.8) is 0 Å². The largest absolute Gasteiger partial charge is 0.433 e. The third-order valence-electron chi connectivity index (χ3n) is 3.18. The van der Waals surface area contributed by atoms with Crippen LogP contribution in [0.1, 0.15) is 5.69 Å². The summed E-state index contributed by atoms with van der Waals surface area (Å²) >= 11 is 5.70.